The summed E-state index contributed by atoms with van der Waals surface area (Å²) in [5.41, 5.74) is 3.75. The van der Waals surface area contributed by atoms with Gasteiger partial charge in [0.05, 0.1) is 29.6 Å². The highest BCUT2D eigenvalue weighted by Gasteiger charge is 2.42. The van der Waals surface area contributed by atoms with Crippen molar-refractivity contribution in [1.29, 1.82) is 0 Å². The van der Waals surface area contributed by atoms with E-state index in [0.29, 0.717) is 17.9 Å². The van der Waals surface area contributed by atoms with Gasteiger partial charge in [0.2, 0.25) is 0 Å². The lowest BCUT2D eigenvalue weighted by molar-refractivity contribution is -0.122. The minimum Gasteiger partial charge on any atom is -0.469 e. The number of fused-ring (bicyclic) bond motifs is 2. The van der Waals surface area contributed by atoms with Crippen molar-refractivity contribution in [2.45, 2.75) is 24.8 Å². The predicted molar refractivity (Wildman–Crippen MR) is 111 cm³/mol. The molecule has 3 aromatic rings. The highest BCUT2D eigenvalue weighted by atomic mass is 35.5. The summed E-state index contributed by atoms with van der Waals surface area (Å²) in [5, 5.41) is 4.25. The molecule has 28 heavy (non-hydrogen) atoms. The molecule has 0 saturated heterocycles. The van der Waals surface area contributed by atoms with Crippen molar-refractivity contribution < 1.29 is 9.21 Å². The lowest BCUT2D eigenvalue weighted by Crippen LogP contribution is -2.38. The van der Waals surface area contributed by atoms with E-state index in [1.807, 2.05) is 60.7 Å². The number of aliphatic imine (C=N–C) groups is 1. The number of hydrogen-bond donors (Lipinski definition) is 1. The minimum absolute atomic E-state index is 0.0358. The van der Waals surface area contributed by atoms with Gasteiger partial charge in [-0.25, -0.2) is 0 Å². The van der Waals surface area contributed by atoms with Gasteiger partial charge in [-0.05, 0) is 48.4 Å². The highest BCUT2D eigenvalue weighted by molar-refractivity contribution is 6.30. The first-order valence-electron chi connectivity index (χ1n) is 9.43. The van der Waals surface area contributed by atoms with Crippen molar-refractivity contribution in [1.82, 2.24) is 0 Å². The number of nitrogens with one attached hydrogen (secondary N) is 1. The zero-order chi connectivity index (χ0) is 19.1. The second-order valence-electron chi connectivity index (χ2n) is 7.36. The Morgan fingerprint density at radius 3 is 2.61 bits per heavy atom. The summed E-state index contributed by atoms with van der Waals surface area (Å²) in [6.45, 7) is 0. The van der Waals surface area contributed by atoms with Crippen molar-refractivity contribution >= 4 is 34.5 Å². The lowest BCUT2D eigenvalue weighted by Gasteiger charge is -2.33. The Bertz CT molecular complexity index is 1040. The number of benzene rings is 2. The Morgan fingerprint density at radius 2 is 1.82 bits per heavy atom. The number of halogens is 1. The molecule has 1 aliphatic carbocycles. The van der Waals surface area contributed by atoms with E-state index >= 15 is 0 Å². The van der Waals surface area contributed by atoms with Gasteiger partial charge < -0.3 is 9.73 Å². The van der Waals surface area contributed by atoms with Gasteiger partial charge >= 0.3 is 0 Å². The van der Waals surface area contributed by atoms with E-state index in [2.05, 4.69) is 5.32 Å². The normalized spacial score (nSPS) is 23.8. The molecule has 1 aromatic heterocycles. The number of Topliss-reactive ketones (excluding diaryl/α,β-unsaturated/α-hetero) is 1. The third kappa shape index (κ3) is 3.04. The van der Waals surface area contributed by atoms with Gasteiger partial charge in [0, 0.05) is 23.1 Å². The van der Waals surface area contributed by atoms with Crippen LogP contribution in [0.15, 0.2) is 76.3 Å². The number of furan rings is 1. The van der Waals surface area contributed by atoms with E-state index in [0.717, 1.165) is 28.4 Å². The second kappa shape index (κ2) is 6.95. The molecule has 3 atom stereocenters. The maximum atomic E-state index is 13.3. The third-order valence-electron chi connectivity index (χ3n) is 5.60. The van der Waals surface area contributed by atoms with Crippen molar-refractivity contribution in [2.75, 3.05) is 5.32 Å². The number of carbonyl (C=O) groups excluding carboxylic acids is 1. The van der Waals surface area contributed by atoms with Crippen LogP contribution in [0.3, 0.4) is 0 Å². The molecule has 0 bridgehead atoms. The van der Waals surface area contributed by atoms with E-state index in [1.165, 1.54) is 0 Å². The maximum Gasteiger partial charge on any atom is 0.144 e. The Labute approximate surface area is 168 Å². The molecule has 4 nitrogen and oxygen atoms in total. The number of carbonyl (C=O) groups is 1. The van der Waals surface area contributed by atoms with Crippen molar-refractivity contribution in [2.24, 2.45) is 10.9 Å². The summed E-state index contributed by atoms with van der Waals surface area (Å²) < 4.78 is 5.59. The van der Waals surface area contributed by atoms with E-state index < -0.39 is 0 Å². The van der Waals surface area contributed by atoms with Crippen LogP contribution in [-0.2, 0) is 4.79 Å². The topological polar surface area (TPSA) is 54.6 Å². The fraction of sp³-hybridized carbons (Fsp3) is 0.217. The van der Waals surface area contributed by atoms with Gasteiger partial charge in [0.15, 0.2) is 0 Å². The molecule has 0 unspecified atom stereocenters. The Kier molecular flexibility index (Phi) is 4.29. The summed E-state index contributed by atoms with van der Waals surface area (Å²) in [7, 11) is 0. The largest absolute Gasteiger partial charge is 0.469 e. The van der Waals surface area contributed by atoms with Crippen LogP contribution >= 0.6 is 11.6 Å². The smallest absolute Gasteiger partial charge is 0.144 e. The van der Waals surface area contributed by atoms with Crippen molar-refractivity contribution in [3.8, 4) is 0 Å². The van der Waals surface area contributed by atoms with Gasteiger partial charge in [-0.3, -0.25) is 9.79 Å². The molecule has 1 aliphatic heterocycles. The number of anilines is 1. The molecule has 1 saturated carbocycles. The fourth-order valence-electron chi connectivity index (χ4n) is 4.27. The number of nitrogens with zero attached hydrogens (tertiary/aromatic N) is 1. The van der Waals surface area contributed by atoms with Crippen LogP contribution in [-0.4, -0.2) is 11.5 Å². The summed E-state index contributed by atoms with van der Waals surface area (Å²) in [4.78, 5) is 18.2. The molecule has 0 radical (unpaired) electrons. The second-order valence-corrected chi connectivity index (χ2v) is 7.79. The number of ketones is 1. The first-order valence-corrected chi connectivity index (χ1v) is 9.81. The number of rotatable bonds is 2. The first-order chi connectivity index (χ1) is 13.7. The van der Waals surface area contributed by atoms with Crippen molar-refractivity contribution in [3.05, 3.63) is 83.3 Å². The Hall–Kier alpha value is -2.85. The van der Waals surface area contributed by atoms with Gasteiger partial charge in [0.25, 0.3) is 0 Å². The predicted octanol–water partition coefficient (Wildman–Crippen LogP) is 5.94. The zero-order valence-electron chi connectivity index (χ0n) is 15.1. The van der Waals surface area contributed by atoms with E-state index in [1.54, 1.807) is 6.26 Å². The van der Waals surface area contributed by atoms with Crippen LogP contribution in [0.25, 0.3) is 0 Å². The number of para-hydroxylation sites is 2. The molecule has 0 spiro atoms. The van der Waals surface area contributed by atoms with Crippen molar-refractivity contribution in [3.63, 3.8) is 0 Å². The molecule has 2 heterocycles. The van der Waals surface area contributed by atoms with Crippen LogP contribution in [0.5, 0.6) is 0 Å². The number of hydrogen-bond acceptors (Lipinski definition) is 4. The molecule has 5 rings (SSSR count). The Morgan fingerprint density at radius 1 is 1.00 bits per heavy atom. The molecular formula is C23H19ClN2O2. The standard InChI is InChI=1S/C23H19ClN2O2/c24-16-9-7-14(8-10-16)23-22-19(25-17-4-1-2-5-18(17)26-23)12-15(13-20(22)27)21-6-3-11-28-21/h1-11,15,22-23,26H,12-13H2/t15-,22-,23+/m0/s1. The Balaban J connectivity index is 1.60. The summed E-state index contributed by atoms with van der Waals surface area (Å²) in [5.74, 6) is 0.767. The molecule has 1 N–H and O–H groups in total. The molecule has 2 aliphatic rings. The quantitative estimate of drug-likeness (QED) is 0.589. The minimum atomic E-state index is -0.306. The molecular weight excluding hydrogens is 372 g/mol. The molecule has 5 heteroatoms. The fourth-order valence-corrected chi connectivity index (χ4v) is 4.40. The summed E-state index contributed by atoms with van der Waals surface area (Å²) >= 11 is 6.08. The molecule has 2 aromatic carbocycles. The van der Waals surface area contributed by atoms with E-state index in [9.17, 15) is 4.79 Å². The summed E-state index contributed by atoms with van der Waals surface area (Å²) in [6.07, 6.45) is 2.83. The average Bonchev–Trinajstić information content (AvgIpc) is 3.18. The van der Waals surface area contributed by atoms with Crippen LogP contribution in [0.2, 0.25) is 5.02 Å². The SMILES string of the molecule is O=C1C[C@@H](c2ccco2)CC2=Nc3ccccc3N[C@H](c3ccc(Cl)cc3)[C@H]12. The zero-order valence-corrected chi connectivity index (χ0v) is 15.9. The van der Waals surface area contributed by atoms with Crippen LogP contribution in [0, 0.1) is 5.92 Å². The highest BCUT2D eigenvalue weighted by Crippen LogP contribution is 2.44. The van der Waals surface area contributed by atoms with E-state index in [-0.39, 0.29) is 23.7 Å². The average molecular weight is 391 g/mol. The van der Waals surface area contributed by atoms with Gasteiger partial charge in [-0.1, -0.05) is 35.9 Å². The molecule has 0 amide bonds. The van der Waals surface area contributed by atoms with Crippen LogP contribution in [0.4, 0.5) is 11.4 Å². The van der Waals surface area contributed by atoms with E-state index in [4.69, 9.17) is 21.0 Å². The lowest BCUT2D eigenvalue weighted by atomic mass is 9.73. The third-order valence-corrected chi connectivity index (χ3v) is 5.85. The van der Waals surface area contributed by atoms with Gasteiger partial charge in [-0.2, -0.15) is 0 Å². The van der Waals surface area contributed by atoms with Crippen LogP contribution in [0.1, 0.15) is 36.1 Å². The maximum absolute atomic E-state index is 13.3. The molecule has 1 fully saturated rings. The van der Waals surface area contributed by atoms with Gasteiger partial charge in [0.1, 0.15) is 11.5 Å². The van der Waals surface area contributed by atoms with Crippen LogP contribution < -0.4 is 5.32 Å². The van der Waals surface area contributed by atoms with Gasteiger partial charge in [-0.15, -0.1) is 0 Å². The first kappa shape index (κ1) is 17.3. The molecule has 140 valence electrons. The monoisotopic (exact) mass is 390 g/mol. The summed E-state index contributed by atoms with van der Waals surface area (Å²) in [6, 6.07) is 19.3.